The number of nitrogens with one attached hydrogen (secondary N) is 1. The number of aryl methyl sites for hydroxylation is 1. The van der Waals surface area contributed by atoms with E-state index in [0.717, 1.165) is 16.8 Å². The SMILES string of the molecule is CC(=O)N1c2ccc(S(=O)(=O)Nc3cccc(C)c3)cc2C[C@@H]1C. The summed E-state index contributed by atoms with van der Waals surface area (Å²) in [6.45, 7) is 5.39. The molecule has 5 nitrogen and oxygen atoms in total. The van der Waals surface area contributed by atoms with Crippen molar-refractivity contribution in [1.29, 1.82) is 0 Å². The summed E-state index contributed by atoms with van der Waals surface area (Å²) in [7, 11) is -3.66. The average molecular weight is 344 g/mol. The van der Waals surface area contributed by atoms with Gasteiger partial charge in [-0.2, -0.15) is 0 Å². The van der Waals surface area contributed by atoms with Crippen molar-refractivity contribution in [3.05, 3.63) is 53.6 Å². The standard InChI is InChI=1S/C18H20N2O3S/c1-12-5-4-6-16(9-12)19-24(22,23)17-7-8-18-15(11-17)10-13(2)20(18)14(3)21/h4-9,11,13,19H,10H2,1-3H3/t13-/m0/s1. The molecule has 1 N–H and O–H groups in total. The van der Waals surface area contributed by atoms with Gasteiger partial charge < -0.3 is 4.90 Å². The van der Waals surface area contributed by atoms with Gasteiger partial charge >= 0.3 is 0 Å². The number of hydrogen-bond donors (Lipinski definition) is 1. The molecule has 24 heavy (non-hydrogen) atoms. The Balaban J connectivity index is 1.93. The third kappa shape index (κ3) is 3.01. The Morgan fingerprint density at radius 2 is 1.96 bits per heavy atom. The molecular formula is C18H20N2O3S. The Kier molecular flexibility index (Phi) is 4.09. The fraction of sp³-hybridized carbons (Fsp3) is 0.278. The van der Waals surface area contributed by atoms with Gasteiger partial charge in [0.05, 0.1) is 4.90 Å². The van der Waals surface area contributed by atoms with Crippen molar-refractivity contribution < 1.29 is 13.2 Å². The molecule has 1 heterocycles. The molecule has 0 fully saturated rings. The van der Waals surface area contributed by atoms with Crippen LogP contribution in [0, 0.1) is 6.92 Å². The Morgan fingerprint density at radius 3 is 2.62 bits per heavy atom. The highest BCUT2D eigenvalue weighted by molar-refractivity contribution is 7.92. The molecule has 0 bridgehead atoms. The van der Waals surface area contributed by atoms with Crippen LogP contribution in [0.2, 0.25) is 0 Å². The summed E-state index contributed by atoms with van der Waals surface area (Å²) in [5, 5.41) is 0. The lowest BCUT2D eigenvalue weighted by molar-refractivity contribution is -0.116. The first-order chi connectivity index (χ1) is 11.3. The summed E-state index contributed by atoms with van der Waals surface area (Å²) >= 11 is 0. The second-order valence-electron chi connectivity index (χ2n) is 6.21. The first-order valence-corrected chi connectivity index (χ1v) is 9.28. The zero-order valence-electron chi connectivity index (χ0n) is 13.9. The normalized spacial score (nSPS) is 16.8. The fourth-order valence-corrected chi connectivity index (χ4v) is 4.28. The summed E-state index contributed by atoms with van der Waals surface area (Å²) in [6, 6.07) is 12.2. The second-order valence-corrected chi connectivity index (χ2v) is 7.89. The van der Waals surface area contributed by atoms with E-state index in [9.17, 15) is 13.2 Å². The molecule has 0 saturated carbocycles. The predicted octanol–water partition coefficient (Wildman–Crippen LogP) is 3.09. The van der Waals surface area contributed by atoms with Crippen LogP contribution >= 0.6 is 0 Å². The van der Waals surface area contributed by atoms with Gasteiger partial charge in [0, 0.05) is 24.3 Å². The number of benzene rings is 2. The van der Waals surface area contributed by atoms with Crippen LogP contribution in [0.5, 0.6) is 0 Å². The van der Waals surface area contributed by atoms with E-state index in [-0.39, 0.29) is 16.8 Å². The van der Waals surface area contributed by atoms with Crippen molar-refractivity contribution in [1.82, 2.24) is 0 Å². The monoisotopic (exact) mass is 344 g/mol. The van der Waals surface area contributed by atoms with Gasteiger partial charge in [-0.1, -0.05) is 12.1 Å². The van der Waals surface area contributed by atoms with Crippen LogP contribution in [0.1, 0.15) is 25.0 Å². The third-order valence-corrected chi connectivity index (χ3v) is 5.57. The molecule has 6 heteroatoms. The Hall–Kier alpha value is -2.34. The van der Waals surface area contributed by atoms with Crippen LogP contribution in [-0.2, 0) is 21.2 Å². The molecule has 0 aromatic heterocycles. The fourth-order valence-electron chi connectivity index (χ4n) is 3.18. The summed E-state index contributed by atoms with van der Waals surface area (Å²) in [5.41, 5.74) is 3.19. The van der Waals surface area contributed by atoms with Crippen molar-refractivity contribution >= 4 is 27.3 Å². The molecule has 0 spiro atoms. The van der Waals surface area contributed by atoms with E-state index >= 15 is 0 Å². The molecule has 126 valence electrons. The molecule has 0 aliphatic carbocycles. The topological polar surface area (TPSA) is 66.5 Å². The van der Waals surface area contributed by atoms with E-state index in [4.69, 9.17) is 0 Å². The van der Waals surface area contributed by atoms with Crippen molar-refractivity contribution in [3.63, 3.8) is 0 Å². The number of rotatable bonds is 3. The van der Waals surface area contributed by atoms with Gasteiger partial charge in [0.15, 0.2) is 0 Å². The Bertz CT molecular complexity index is 906. The van der Waals surface area contributed by atoms with E-state index < -0.39 is 10.0 Å². The maximum atomic E-state index is 12.6. The van der Waals surface area contributed by atoms with Crippen molar-refractivity contribution in [2.24, 2.45) is 0 Å². The van der Waals surface area contributed by atoms with E-state index in [2.05, 4.69) is 4.72 Å². The first-order valence-electron chi connectivity index (χ1n) is 7.80. The van der Waals surface area contributed by atoms with Crippen molar-refractivity contribution in [3.8, 4) is 0 Å². The zero-order valence-corrected chi connectivity index (χ0v) is 14.7. The lowest BCUT2D eigenvalue weighted by atomic mass is 10.1. The number of carbonyl (C=O) groups is 1. The maximum absolute atomic E-state index is 12.6. The predicted molar refractivity (Wildman–Crippen MR) is 94.8 cm³/mol. The molecule has 2 aromatic rings. The molecule has 0 saturated heterocycles. The second kappa shape index (κ2) is 5.94. The quantitative estimate of drug-likeness (QED) is 0.930. The van der Waals surface area contributed by atoms with Crippen LogP contribution in [0.3, 0.4) is 0 Å². The number of carbonyl (C=O) groups excluding carboxylic acids is 1. The van der Waals surface area contributed by atoms with E-state index in [1.807, 2.05) is 26.0 Å². The minimum Gasteiger partial charge on any atom is -0.309 e. The summed E-state index contributed by atoms with van der Waals surface area (Å²) in [5.74, 6) is -0.0326. The molecule has 1 amide bonds. The number of fused-ring (bicyclic) bond motifs is 1. The van der Waals surface area contributed by atoms with Crippen LogP contribution in [0.4, 0.5) is 11.4 Å². The highest BCUT2D eigenvalue weighted by Gasteiger charge is 2.30. The molecule has 0 radical (unpaired) electrons. The van der Waals surface area contributed by atoms with E-state index in [1.165, 1.54) is 6.92 Å². The van der Waals surface area contributed by atoms with Crippen molar-refractivity contribution in [2.45, 2.75) is 38.1 Å². The largest absolute Gasteiger partial charge is 0.309 e. The van der Waals surface area contributed by atoms with Gasteiger partial charge in [0.2, 0.25) is 5.91 Å². The van der Waals surface area contributed by atoms with Crippen molar-refractivity contribution in [2.75, 3.05) is 9.62 Å². The molecule has 0 unspecified atom stereocenters. The van der Waals surface area contributed by atoms with Gasteiger partial charge in [0.1, 0.15) is 0 Å². The number of sulfonamides is 1. The number of nitrogens with zero attached hydrogens (tertiary/aromatic N) is 1. The summed E-state index contributed by atoms with van der Waals surface area (Å²) in [6.07, 6.45) is 0.655. The van der Waals surface area contributed by atoms with Gasteiger partial charge in [-0.25, -0.2) is 8.42 Å². The lowest BCUT2D eigenvalue weighted by Crippen LogP contribution is -2.33. The minimum absolute atomic E-state index is 0.0326. The minimum atomic E-state index is -3.66. The highest BCUT2D eigenvalue weighted by Crippen LogP contribution is 2.34. The van der Waals surface area contributed by atoms with Crippen LogP contribution in [0.25, 0.3) is 0 Å². The van der Waals surface area contributed by atoms with Crippen LogP contribution in [-0.4, -0.2) is 20.4 Å². The van der Waals surface area contributed by atoms with E-state index in [1.54, 1.807) is 35.2 Å². The molecule has 3 rings (SSSR count). The van der Waals surface area contributed by atoms with Crippen LogP contribution in [0.15, 0.2) is 47.4 Å². The van der Waals surface area contributed by atoms with Gasteiger partial charge in [-0.3, -0.25) is 9.52 Å². The summed E-state index contributed by atoms with van der Waals surface area (Å²) < 4.78 is 27.8. The van der Waals surface area contributed by atoms with Gasteiger partial charge in [-0.05, 0) is 61.7 Å². The smallest absolute Gasteiger partial charge is 0.261 e. The third-order valence-electron chi connectivity index (χ3n) is 4.19. The maximum Gasteiger partial charge on any atom is 0.261 e. The highest BCUT2D eigenvalue weighted by atomic mass is 32.2. The van der Waals surface area contributed by atoms with Gasteiger partial charge in [-0.15, -0.1) is 0 Å². The number of amides is 1. The molecule has 1 aliphatic rings. The zero-order chi connectivity index (χ0) is 17.5. The molecule has 1 atom stereocenters. The number of anilines is 2. The first kappa shape index (κ1) is 16.5. The average Bonchev–Trinajstić information content (AvgIpc) is 2.81. The molecule has 2 aromatic carbocycles. The molecule has 1 aliphatic heterocycles. The van der Waals surface area contributed by atoms with Crippen LogP contribution < -0.4 is 9.62 Å². The summed E-state index contributed by atoms with van der Waals surface area (Å²) in [4.78, 5) is 13.7. The van der Waals surface area contributed by atoms with Gasteiger partial charge in [0.25, 0.3) is 10.0 Å². The lowest BCUT2D eigenvalue weighted by Gasteiger charge is -2.20. The Morgan fingerprint density at radius 1 is 1.21 bits per heavy atom. The Labute approximate surface area is 142 Å². The number of hydrogen-bond acceptors (Lipinski definition) is 3. The molecular weight excluding hydrogens is 324 g/mol. The van der Waals surface area contributed by atoms with E-state index in [0.29, 0.717) is 12.1 Å².